The van der Waals surface area contributed by atoms with Crippen LogP contribution >= 0.6 is 11.6 Å². The Balaban J connectivity index is 2.95. The predicted molar refractivity (Wildman–Crippen MR) is 59.8 cm³/mol. The lowest BCUT2D eigenvalue weighted by Crippen LogP contribution is -2.09. The van der Waals surface area contributed by atoms with Crippen LogP contribution in [0.1, 0.15) is 5.56 Å². The van der Waals surface area contributed by atoms with E-state index in [2.05, 4.69) is 16.7 Å². The molecule has 1 rings (SSSR count). The van der Waals surface area contributed by atoms with Crippen molar-refractivity contribution < 1.29 is 0 Å². The molecular weight excluding hydrogens is 212 g/mol. The molecule has 1 aromatic rings. The molecule has 1 aromatic heterocycles. The molecule has 0 unspecified atom stereocenters. The molecule has 0 amide bonds. The summed E-state index contributed by atoms with van der Waals surface area (Å²) in [5.41, 5.74) is 0.481. The average Bonchev–Trinajstić information content (AvgIpc) is 2.67. The second-order valence-corrected chi connectivity index (χ2v) is 3.13. The average molecular weight is 221 g/mol. The van der Waals surface area contributed by atoms with Gasteiger partial charge in [-0.1, -0.05) is 18.2 Å². The number of hydrogen-bond acceptors (Lipinski definition) is 3. The molecule has 0 aliphatic heterocycles. The molecule has 15 heavy (non-hydrogen) atoms. The number of allylic oxidation sites excluding steroid dienone is 3. The molecule has 0 atom stereocenters. The van der Waals surface area contributed by atoms with Crippen molar-refractivity contribution in [2.45, 2.75) is 0 Å². The van der Waals surface area contributed by atoms with E-state index >= 15 is 0 Å². The molecule has 1 heterocycles. The Labute approximate surface area is 92.8 Å². The summed E-state index contributed by atoms with van der Waals surface area (Å²) in [5.74, 6) is 0.582. The van der Waals surface area contributed by atoms with E-state index in [1.807, 2.05) is 6.07 Å². The first-order valence-electron chi connectivity index (χ1n) is 4.12. The second kappa shape index (κ2) is 5.13. The van der Waals surface area contributed by atoms with Crippen molar-refractivity contribution in [3.63, 3.8) is 0 Å². The van der Waals surface area contributed by atoms with E-state index < -0.39 is 0 Å². The molecule has 76 valence electrons. The number of hydrogen-bond donors (Lipinski definition) is 0. The number of rotatable bonds is 2. The first-order valence-corrected chi connectivity index (χ1v) is 4.49. The fourth-order valence-corrected chi connectivity index (χ4v) is 0.987. The van der Waals surface area contributed by atoms with Crippen LogP contribution in [0.15, 0.2) is 41.1 Å². The van der Waals surface area contributed by atoms with Crippen LogP contribution in [0.3, 0.4) is 0 Å². The van der Waals surface area contributed by atoms with Gasteiger partial charge < -0.3 is 0 Å². The predicted octanol–water partition coefficient (Wildman–Crippen LogP) is 1.94. The molecule has 0 bridgehead atoms. The molecule has 0 spiro atoms. The Morgan fingerprint density at radius 2 is 2.47 bits per heavy atom. The molecule has 0 N–H and O–H groups in total. The van der Waals surface area contributed by atoms with Crippen molar-refractivity contribution in [3.05, 3.63) is 41.7 Å². The highest BCUT2D eigenvalue weighted by Gasteiger charge is 2.00. The molecule has 0 saturated heterocycles. The van der Waals surface area contributed by atoms with Crippen molar-refractivity contribution >= 4 is 17.4 Å². The maximum Gasteiger partial charge on any atom is 0.148 e. The van der Waals surface area contributed by atoms with E-state index in [0.29, 0.717) is 16.4 Å². The van der Waals surface area contributed by atoms with Crippen LogP contribution in [-0.4, -0.2) is 22.7 Å². The quantitative estimate of drug-likeness (QED) is 0.435. The minimum Gasteiger partial charge on any atom is -0.270 e. The minimum atomic E-state index is 0.406. The Hall–Kier alpha value is -1.86. The highest BCUT2D eigenvalue weighted by molar-refractivity contribution is 6.31. The van der Waals surface area contributed by atoms with Gasteiger partial charge in [0.15, 0.2) is 0 Å². The number of nitrogens with zero attached hydrogens (tertiary/aromatic N) is 4. The van der Waals surface area contributed by atoms with Crippen LogP contribution in [0.25, 0.3) is 0 Å². The molecule has 4 nitrogen and oxygen atoms in total. The fraction of sp³-hybridized carbons (Fsp3) is 0.100. The van der Waals surface area contributed by atoms with Gasteiger partial charge in [0, 0.05) is 12.1 Å². The zero-order chi connectivity index (χ0) is 11.3. The Morgan fingerprint density at radius 1 is 1.73 bits per heavy atom. The second-order valence-electron chi connectivity index (χ2n) is 2.65. The topological polar surface area (TPSA) is 54.0 Å². The third-order valence-corrected chi connectivity index (χ3v) is 1.71. The van der Waals surface area contributed by atoms with Gasteiger partial charge in [-0.3, -0.25) is 4.99 Å². The first kappa shape index (κ1) is 11.2. The van der Waals surface area contributed by atoms with Crippen LogP contribution in [0.4, 0.5) is 0 Å². The Bertz CT molecular complexity index is 462. The van der Waals surface area contributed by atoms with Gasteiger partial charge in [0.05, 0.1) is 18.0 Å². The maximum atomic E-state index is 8.63. The Kier molecular flexibility index (Phi) is 3.83. The first-order chi connectivity index (χ1) is 7.17. The highest BCUT2D eigenvalue weighted by atomic mass is 35.5. The third-order valence-electron chi connectivity index (χ3n) is 1.59. The highest BCUT2D eigenvalue weighted by Crippen LogP contribution is 2.00. The summed E-state index contributed by atoms with van der Waals surface area (Å²) in [7, 11) is 1.63. The van der Waals surface area contributed by atoms with Gasteiger partial charge in [-0.05, 0) is 12.2 Å². The van der Waals surface area contributed by atoms with Gasteiger partial charge in [0.2, 0.25) is 0 Å². The lowest BCUT2D eigenvalue weighted by atomic mass is 10.4. The van der Waals surface area contributed by atoms with Crippen LogP contribution in [0.2, 0.25) is 0 Å². The SMILES string of the molecule is C=C(Cl)/C=C\C(=N/C)n1cc(C#N)cn1. The van der Waals surface area contributed by atoms with Gasteiger partial charge in [-0.15, -0.1) is 0 Å². The van der Waals surface area contributed by atoms with Crippen molar-refractivity contribution in [1.82, 2.24) is 9.78 Å². The zero-order valence-electron chi connectivity index (χ0n) is 8.18. The van der Waals surface area contributed by atoms with Crippen LogP contribution in [-0.2, 0) is 0 Å². The lowest BCUT2D eigenvalue weighted by Gasteiger charge is -1.98. The molecule has 0 aliphatic carbocycles. The van der Waals surface area contributed by atoms with E-state index in [1.54, 1.807) is 25.4 Å². The number of halogens is 1. The molecule has 0 aliphatic rings. The standard InChI is InChI=1S/C10H9ClN4/c1-8(11)3-4-10(13-2)15-7-9(5-12)6-14-15/h3-4,6-7H,1H2,2H3/b4-3-,13-10+. The summed E-state index contributed by atoms with van der Waals surface area (Å²) in [4.78, 5) is 4.00. The van der Waals surface area contributed by atoms with Gasteiger partial charge in [-0.25, -0.2) is 4.68 Å². The van der Waals surface area contributed by atoms with Crippen LogP contribution < -0.4 is 0 Å². The smallest absolute Gasteiger partial charge is 0.148 e. The molecule has 0 saturated carbocycles. The van der Waals surface area contributed by atoms with Crippen molar-refractivity contribution in [2.24, 2.45) is 4.99 Å². The van der Waals surface area contributed by atoms with Gasteiger partial charge >= 0.3 is 0 Å². The molecule has 0 aromatic carbocycles. The van der Waals surface area contributed by atoms with Crippen LogP contribution in [0, 0.1) is 11.3 Å². The monoisotopic (exact) mass is 220 g/mol. The van der Waals surface area contributed by atoms with Crippen molar-refractivity contribution in [2.75, 3.05) is 7.05 Å². The largest absolute Gasteiger partial charge is 0.270 e. The van der Waals surface area contributed by atoms with E-state index in [0.717, 1.165) is 0 Å². The third kappa shape index (κ3) is 3.08. The van der Waals surface area contributed by atoms with E-state index in [-0.39, 0.29) is 0 Å². The molecule has 0 radical (unpaired) electrons. The summed E-state index contributed by atoms with van der Waals surface area (Å²) in [6.07, 6.45) is 6.33. The fourth-order valence-electron chi connectivity index (χ4n) is 0.924. The lowest BCUT2D eigenvalue weighted by molar-refractivity contribution is 0.934. The van der Waals surface area contributed by atoms with Crippen molar-refractivity contribution in [1.29, 1.82) is 5.26 Å². The van der Waals surface area contributed by atoms with E-state index in [4.69, 9.17) is 16.9 Å². The van der Waals surface area contributed by atoms with E-state index in [1.165, 1.54) is 10.9 Å². The summed E-state index contributed by atoms with van der Waals surface area (Å²) in [5, 5.41) is 13.0. The summed E-state index contributed by atoms with van der Waals surface area (Å²) in [6.45, 7) is 3.52. The summed E-state index contributed by atoms with van der Waals surface area (Å²) >= 11 is 5.58. The number of nitriles is 1. The summed E-state index contributed by atoms with van der Waals surface area (Å²) in [6, 6.07) is 1.99. The normalized spacial score (nSPS) is 11.7. The minimum absolute atomic E-state index is 0.406. The summed E-state index contributed by atoms with van der Waals surface area (Å²) < 4.78 is 1.49. The maximum absolute atomic E-state index is 8.63. The van der Waals surface area contributed by atoms with E-state index in [9.17, 15) is 0 Å². The zero-order valence-corrected chi connectivity index (χ0v) is 8.94. The number of aliphatic imine (C=N–C) groups is 1. The molecular formula is C10H9ClN4. The Morgan fingerprint density at radius 3 is 2.93 bits per heavy atom. The van der Waals surface area contributed by atoms with Gasteiger partial charge in [0.1, 0.15) is 11.9 Å². The molecule has 0 fully saturated rings. The van der Waals surface area contributed by atoms with Gasteiger partial charge in [-0.2, -0.15) is 10.4 Å². The van der Waals surface area contributed by atoms with Gasteiger partial charge in [0.25, 0.3) is 0 Å². The number of aromatic nitrogens is 2. The van der Waals surface area contributed by atoms with Crippen molar-refractivity contribution in [3.8, 4) is 6.07 Å². The molecule has 5 heteroatoms. The van der Waals surface area contributed by atoms with Crippen LogP contribution in [0.5, 0.6) is 0 Å².